The second-order valence-electron chi connectivity index (χ2n) is 3.17. The Labute approximate surface area is 94.7 Å². The van der Waals surface area contributed by atoms with Gasteiger partial charge in [0.25, 0.3) is 0 Å². The number of hydrogen-bond acceptors (Lipinski definition) is 4. The number of hydrogen-bond donors (Lipinski definition) is 1. The van der Waals surface area contributed by atoms with E-state index in [1.165, 1.54) is 6.92 Å². The average molecular weight is 221 g/mol. The molecule has 0 amide bonds. The van der Waals surface area contributed by atoms with Crippen LogP contribution in [0.1, 0.15) is 12.5 Å². The largest absolute Gasteiger partial charge is 0.490 e. The van der Waals surface area contributed by atoms with Gasteiger partial charge in [-0.3, -0.25) is 4.79 Å². The monoisotopic (exact) mass is 221 g/mol. The lowest BCUT2D eigenvalue weighted by Gasteiger charge is -2.09. The highest BCUT2D eigenvalue weighted by atomic mass is 16.5. The molecule has 4 nitrogen and oxygen atoms in total. The average Bonchev–Trinajstić information content (AvgIpc) is 2.27. The molecule has 1 rings (SSSR count). The molecule has 2 N–H and O–H groups in total. The van der Waals surface area contributed by atoms with E-state index in [-0.39, 0.29) is 12.5 Å². The minimum atomic E-state index is -0.366. The fourth-order valence-corrected chi connectivity index (χ4v) is 1.21. The fourth-order valence-electron chi connectivity index (χ4n) is 1.21. The number of carbonyl (C=O) groups excluding carboxylic acids is 1. The van der Waals surface area contributed by atoms with Crippen LogP contribution in [0, 0.1) is 0 Å². The van der Waals surface area contributed by atoms with Crippen molar-refractivity contribution in [2.45, 2.75) is 13.5 Å². The summed E-state index contributed by atoms with van der Waals surface area (Å²) in [4.78, 5) is 10.8. The van der Waals surface area contributed by atoms with E-state index in [1.807, 2.05) is 0 Å². The van der Waals surface area contributed by atoms with Crippen LogP contribution in [-0.2, 0) is 11.3 Å². The van der Waals surface area contributed by atoms with Crippen molar-refractivity contribution in [2.24, 2.45) is 5.73 Å². The Hall–Kier alpha value is -1.81. The van der Waals surface area contributed by atoms with E-state index in [0.29, 0.717) is 18.1 Å². The Kier molecular flexibility index (Phi) is 4.54. The van der Waals surface area contributed by atoms with E-state index in [9.17, 15) is 4.79 Å². The number of rotatable bonds is 5. The Morgan fingerprint density at radius 3 is 2.88 bits per heavy atom. The third-order valence-electron chi connectivity index (χ3n) is 1.87. The highest BCUT2D eigenvalue weighted by Crippen LogP contribution is 2.24. The van der Waals surface area contributed by atoms with Crippen molar-refractivity contribution < 1.29 is 14.3 Å². The second-order valence-corrected chi connectivity index (χ2v) is 3.17. The van der Waals surface area contributed by atoms with Gasteiger partial charge >= 0.3 is 5.97 Å². The Morgan fingerprint density at radius 2 is 2.31 bits per heavy atom. The maximum absolute atomic E-state index is 10.8. The summed E-state index contributed by atoms with van der Waals surface area (Å²) in [6.45, 7) is 5.62. The lowest BCUT2D eigenvalue weighted by Crippen LogP contribution is -2.07. The SMILES string of the molecule is C=CCOc1ccc(OC(C)=O)c(CN)c1. The molecular weight excluding hydrogens is 206 g/mol. The summed E-state index contributed by atoms with van der Waals surface area (Å²) in [7, 11) is 0. The van der Waals surface area contributed by atoms with Crippen LogP contribution in [0.25, 0.3) is 0 Å². The lowest BCUT2D eigenvalue weighted by molar-refractivity contribution is -0.131. The topological polar surface area (TPSA) is 61.5 Å². The zero-order valence-electron chi connectivity index (χ0n) is 9.23. The van der Waals surface area contributed by atoms with E-state index >= 15 is 0 Å². The molecule has 16 heavy (non-hydrogen) atoms. The molecule has 0 saturated heterocycles. The zero-order chi connectivity index (χ0) is 12.0. The first-order valence-corrected chi connectivity index (χ1v) is 4.92. The molecule has 1 aromatic carbocycles. The molecule has 0 radical (unpaired) electrons. The number of ether oxygens (including phenoxy) is 2. The first-order valence-electron chi connectivity index (χ1n) is 4.92. The molecular formula is C12H15NO3. The molecule has 86 valence electrons. The minimum Gasteiger partial charge on any atom is -0.490 e. The van der Waals surface area contributed by atoms with Crippen LogP contribution in [-0.4, -0.2) is 12.6 Å². The van der Waals surface area contributed by atoms with Crippen LogP contribution in [0.5, 0.6) is 11.5 Å². The fraction of sp³-hybridized carbons (Fsp3) is 0.250. The van der Waals surface area contributed by atoms with E-state index in [2.05, 4.69) is 6.58 Å². The predicted molar refractivity (Wildman–Crippen MR) is 61.3 cm³/mol. The molecule has 0 fully saturated rings. The third kappa shape index (κ3) is 3.40. The Bertz CT molecular complexity index is 388. The quantitative estimate of drug-likeness (QED) is 0.466. The van der Waals surface area contributed by atoms with E-state index in [0.717, 1.165) is 5.56 Å². The van der Waals surface area contributed by atoms with Gasteiger partial charge in [0.2, 0.25) is 0 Å². The predicted octanol–water partition coefficient (Wildman–Crippen LogP) is 1.64. The van der Waals surface area contributed by atoms with Gasteiger partial charge in [-0.1, -0.05) is 12.7 Å². The minimum absolute atomic E-state index is 0.286. The van der Waals surface area contributed by atoms with Gasteiger partial charge in [-0.2, -0.15) is 0 Å². The highest BCUT2D eigenvalue weighted by molar-refractivity contribution is 5.70. The van der Waals surface area contributed by atoms with Crippen molar-refractivity contribution in [3.63, 3.8) is 0 Å². The summed E-state index contributed by atoms with van der Waals surface area (Å²) in [5.41, 5.74) is 6.29. The van der Waals surface area contributed by atoms with E-state index < -0.39 is 0 Å². The van der Waals surface area contributed by atoms with Gasteiger partial charge in [0.05, 0.1) is 0 Å². The van der Waals surface area contributed by atoms with Crippen molar-refractivity contribution in [1.82, 2.24) is 0 Å². The summed E-state index contributed by atoms with van der Waals surface area (Å²) in [6, 6.07) is 5.14. The molecule has 0 aliphatic heterocycles. The first kappa shape index (κ1) is 12.3. The van der Waals surface area contributed by atoms with Crippen LogP contribution in [0.2, 0.25) is 0 Å². The normalized spacial score (nSPS) is 9.62. The molecule has 0 aromatic heterocycles. The van der Waals surface area contributed by atoms with Gasteiger partial charge < -0.3 is 15.2 Å². The van der Waals surface area contributed by atoms with Crippen molar-refractivity contribution >= 4 is 5.97 Å². The van der Waals surface area contributed by atoms with Gasteiger partial charge in [-0.25, -0.2) is 0 Å². The number of esters is 1. The third-order valence-corrected chi connectivity index (χ3v) is 1.87. The van der Waals surface area contributed by atoms with Crippen LogP contribution < -0.4 is 15.2 Å². The number of carbonyl (C=O) groups is 1. The Morgan fingerprint density at radius 1 is 1.56 bits per heavy atom. The maximum atomic E-state index is 10.8. The molecule has 4 heteroatoms. The van der Waals surface area contributed by atoms with Gasteiger partial charge in [0.1, 0.15) is 18.1 Å². The summed E-state index contributed by atoms with van der Waals surface area (Å²) < 4.78 is 10.3. The summed E-state index contributed by atoms with van der Waals surface area (Å²) in [6.07, 6.45) is 1.65. The summed E-state index contributed by atoms with van der Waals surface area (Å²) >= 11 is 0. The number of nitrogens with two attached hydrogens (primary N) is 1. The molecule has 0 heterocycles. The van der Waals surface area contributed by atoms with Crippen molar-refractivity contribution in [1.29, 1.82) is 0 Å². The second kappa shape index (κ2) is 5.92. The van der Waals surface area contributed by atoms with E-state index in [1.54, 1.807) is 24.3 Å². The molecule has 0 saturated carbocycles. The molecule has 0 unspecified atom stereocenters. The van der Waals surface area contributed by atoms with Gasteiger partial charge in [0.15, 0.2) is 0 Å². The molecule has 1 aromatic rings. The van der Waals surface area contributed by atoms with Crippen LogP contribution in [0.3, 0.4) is 0 Å². The molecule has 0 bridgehead atoms. The van der Waals surface area contributed by atoms with Gasteiger partial charge in [-0.15, -0.1) is 0 Å². The van der Waals surface area contributed by atoms with Crippen LogP contribution in [0.15, 0.2) is 30.9 Å². The first-order chi connectivity index (χ1) is 7.67. The van der Waals surface area contributed by atoms with E-state index in [4.69, 9.17) is 15.2 Å². The molecule has 0 spiro atoms. The van der Waals surface area contributed by atoms with Gasteiger partial charge in [0, 0.05) is 19.0 Å². The number of benzene rings is 1. The van der Waals surface area contributed by atoms with Crippen LogP contribution in [0.4, 0.5) is 0 Å². The smallest absolute Gasteiger partial charge is 0.308 e. The van der Waals surface area contributed by atoms with Crippen molar-refractivity contribution in [3.8, 4) is 11.5 Å². The van der Waals surface area contributed by atoms with Crippen molar-refractivity contribution in [2.75, 3.05) is 6.61 Å². The standard InChI is InChI=1S/C12H15NO3/c1-3-6-15-11-4-5-12(16-9(2)14)10(7-11)8-13/h3-5,7H,1,6,8,13H2,2H3. The zero-order valence-corrected chi connectivity index (χ0v) is 9.23. The molecule has 0 aliphatic rings. The maximum Gasteiger partial charge on any atom is 0.308 e. The molecule has 0 aliphatic carbocycles. The lowest BCUT2D eigenvalue weighted by atomic mass is 10.2. The Balaban J connectivity index is 2.87. The van der Waals surface area contributed by atoms with Crippen LogP contribution >= 0.6 is 0 Å². The van der Waals surface area contributed by atoms with Gasteiger partial charge in [-0.05, 0) is 18.2 Å². The summed E-state index contributed by atoms with van der Waals surface area (Å²) in [5.74, 6) is 0.784. The summed E-state index contributed by atoms with van der Waals surface area (Å²) in [5, 5.41) is 0. The highest BCUT2D eigenvalue weighted by Gasteiger charge is 2.06. The van der Waals surface area contributed by atoms with Crippen molar-refractivity contribution in [3.05, 3.63) is 36.4 Å². The molecule has 0 atom stereocenters.